The van der Waals surface area contributed by atoms with Crippen molar-refractivity contribution in [1.82, 2.24) is 15.2 Å². The molecule has 1 aliphatic heterocycles. The average molecular weight is 287 g/mol. The van der Waals surface area contributed by atoms with Gasteiger partial charge in [-0.2, -0.15) is 0 Å². The number of β-amino-alcohol motifs (C(OH)–C–C–N with tert-alkyl or cyclic N) is 1. The van der Waals surface area contributed by atoms with E-state index in [1.54, 1.807) is 11.8 Å². The molecule has 1 saturated heterocycles. The molecule has 112 valence electrons. The molecule has 2 amide bonds. The van der Waals surface area contributed by atoms with Crippen molar-refractivity contribution in [2.24, 2.45) is 0 Å². The summed E-state index contributed by atoms with van der Waals surface area (Å²) in [4.78, 5) is 16.9. The van der Waals surface area contributed by atoms with E-state index in [-0.39, 0.29) is 6.03 Å². The first-order valence-corrected chi connectivity index (χ1v) is 7.35. The molecule has 1 aromatic heterocycles. The van der Waals surface area contributed by atoms with E-state index in [1.165, 1.54) is 10.9 Å². The average Bonchev–Trinajstić information content (AvgIpc) is 3.03. The van der Waals surface area contributed by atoms with Gasteiger partial charge >= 0.3 is 6.03 Å². The Hall–Kier alpha value is -2.01. The molecule has 0 unspecified atom stereocenters. The number of aromatic amines is 1. The first kappa shape index (κ1) is 13.9. The minimum Gasteiger partial charge on any atom is -0.388 e. The van der Waals surface area contributed by atoms with Crippen LogP contribution in [0, 0.1) is 0 Å². The fourth-order valence-corrected chi connectivity index (χ4v) is 2.87. The first-order valence-electron chi connectivity index (χ1n) is 7.35. The second-order valence-electron chi connectivity index (χ2n) is 6.01. The number of urea groups is 1. The van der Waals surface area contributed by atoms with Crippen molar-refractivity contribution < 1.29 is 9.90 Å². The van der Waals surface area contributed by atoms with E-state index in [4.69, 9.17) is 0 Å². The summed E-state index contributed by atoms with van der Waals surface area (Å²) in [5.41, 5.74) is 1.59. The number of H-pyrrole nitrogens is 1. The molecule has 3 N–H and O–H groups in total. The first-order chi connectivity index (χ1) is 10.1. The van der Waals surface area contributed by atoms with Gasteiger partial charge in [0.25, 0.3) is 0 Å². The zero-order valence-corrected chi connectivity index (χ0v) is 12.2. The third-order valence-corrected chi connectivity index (χ3v) is 4.08. The quantitative estimate of drug-likeness (QED) is 0.807. The van der Waals surface area contributed by atoms with E-state index in [9.17, 15) is 9.90 Å². The number of aromatic nitrogens is 1. The standard InChI is InChI=1S/C16H21N3O2/c1-16(21)7-9-19(11-16)15(20)17-8-6-12-10-18-14-5-3-2-4-13(12)14/h2-5,10,18,21H,6-9,11H2,1H3,(H,17,20)/t16-/m1/s1. The number of likely N-dealkylation sites (tertiary alicyclic amines) is 1. The number of carbonyl (C=O) groups is 1. The van der Waals surface area contributed by atoms with Crippen LogP contribution in [0.2, 0.25) is 0 Å². The molecular formula is C16H21N3O2. The molecule has 1 atom stereocenters. The molecule has 0 radical (unpaired) electrons. The Labute approximate surface area is 124 Å². The van der Waals surface area contributed by atoms with Gasteiger partial charge in [-0.1, -0.05) is 18.2 Å². The Morgan fingerprint density at radius 1 is 1.48 bits per heavy atom. The second kappa shape index (κ2) is 5.41. The molecule has 2 aromatic rings. The Bertz CT molecular complexity index is 648. The van der Waals surface area contributed by atoms with Crippen LogP contribution >= 0.6 is 0 Å². The normalized spacial score (nSPS) is 21.9. The summed E-state index contributed by atoms with van der Waals surface area (Å²) < 4.78 is 0. The molecular weight excluding hydrogens is 266 g/mol. The van der Waals surface area contributed by atoms with Crippen LogP contribution < -0.4 is 5.32 Å². The number of para-hydroxylation sites is 1. The summed E-state index contributed by atoms with van der Waals surface area (Å²) >= 11 is 0. The summed E-state index contributed by atoms with van der Waals surface area (Å²) in [6, 6.07) is 8.06. The van der Waals surface area contributed by atoms with Crippen LogP contribution in [0.3, 0.4) is 0 Å². The van der Waals surface area contributed by atoms with Crippen LogP contribution in [0.15, 0.2) is 30.5 Å². The van der Waals surface area contributed by atoms with Gasteiger partial charge in [0, 0.05) is 30.2 Å². The van der Waals surface area contributed by atoms with E-state index in [2.05, 4.69) is 16.4 Å². The summed E-state index contributed by atoms with van der Waals surface area (Å²) in [5.74, 6) is 0. The molecule has 5 nitrogen and oxygen atoms in total. The summed E-state index contributed by atoms with van der Waals surface area (Å²) in [7, 11) is 0. The molecule has 0 saturated carbocycles. The van der Waals surface area contributed by atoms with Crippen LogP contribution in [0.5, 0.6) is 0 Å². The minimum absolute atomic E-state index is 0.0902. The molecule has 1 fully saturated rings. The Morgan fingerprint density at radius 2 is 2.29 bits per heavy atom. The highest BCUT2D eigenvalue weighted by atomic mass is 16.3. The predicted octanol–water partition coefficient (Wildman–Crippen LogP) is 1.88. The molecule has 0 spiro atoms. The minimum atomic E-state index is -0.742. The van der Waals surface area contributed by atoms with Crippen LogP contribution in [-0.4, -0.2) is 46.3 Å². The number of benzene rings is 1. The highest BCUT2D eigenvalue weighted by Crippen LogP contribution is 2.20. The van der Waals surface area contributed by atoms with Crippen molar-refractivity contribution in [2.45, 2.75) is 25.4 Å². The second-order valence-corrected chi connectivity index (χ2v) is 6.01. The van der Waals surface area contributed by atoms with Gasteiger partial charge in [-0.15, -0.1) is 0 Å². The fraction of sp³-hybridized carbons (Fsp3) is 0.438. The number of carbonyl (C=O) groups excluding carboxylic acids is 1. The van der Waals surface area contributed by atoms with Gasteiger partial charge in [0.2, 0.25) is 0 Å². The van der Waals surface area contributed by atoms with Crippen molar-refractivity contribution in [1.29, 1.82) is 0 Å². The molecule has 5 heteroatoms. The molecule has 0 aliphatic carbocycles. The topological polar surface area (TPSA) is 68.4 Å². The zero-order chi connectivity index (χ0) is 14.9. The van der Waals surface area contributed by atoms with Crippen molar-refractivity contribution >= 4 is 16.9 Å². The van der Waals surface area contributed by atoms with E-state index in [0.717, 1.165) is 11.9 Å². The number of hydrogen-bond donors (Lipinski definition) is 3. The SMILES string of the molecule is C[C@@]1(O)CCN(C(=O)NCCc2c[nH]c3ccccc23)C1. The van der Waals surface area contributed by atoms with Crippen molar-refractivity contribution in [2.75, 3.05) is 19.6 Å². The molecule has 2 heterocycles. The zero-order valence-electron chi connectivity index (χ0n) is 12.2. The third-order valence-electron chi connectivity index (χ3n) is 4.08. The third kappa shape index (κ3) is 3.03. The fourth-order valence-electron chi connectivity index (χ4n) is 2.87. The van der Waals surface area contributed by atoms with Crippen LogP contribution in [0.25, 0.3) is 10.9 Å². The van der Waals surface area contributed by atoms with Crippen LogP contribution in [-0.2, 0) is 6.42 Å². The van der Waals surface area contributed by atoms with Gasteiger partial charge < -0.3 is 20.3 Å². The van der Waals surface area contributed by atoms with E-state index in [0.29, 0.717) is 26.1 Å². The number of rotatable bonds is 3. The number of aliphatic hydroxyl groups is 1. The summed E-state index contributed by atoms with van der Waals surface area (Å²) in [6.07, 6.45) is 3.43. The van der Waals surface area contributed by atoms with Crippen LogP contribution in [0.4, 0.5) is 4.79 Å². The predicted molar refractivity (Wildman–Crippen MR) is 82.2 cm³/mol. The number of nitrogens with zero attached hydrogens (tertiary/aromatic N) is 1. The maximum atomic E-state index is 12.0. The molecule has 0 bridgehead atoms. The molecule has 1 aliphatic rings. The van der Waals surface area contributed by atoms with Crippen molar-refractivity contribution in [3.05, 3.63) is 36.0 Å². The maximum Gasteiger partial charge on any atom is 0.317 e. The van der Waals surface area contributed by atoms with Crippen molar-refractivity contribution in [3.63, 3.8) is 0 Å². The highest BCUT2D eigenvalue weighted by Gasteiger charge is 2.33. The van der Waals surface area contributed by atoms with E-state index < -0.39 is 5.60 Å². The Balaban J connectivity index is 1.53. The summed E-state index contributed by atoms with van der Waals surface area (Å²) in [5, 5.41) is 14.0. The van der Waals surface area contributed by atoms with Gasteiger partial charge in [0.05, 0.1) is 12.1 Å². The lowest BCUT2D eigenvalue weighted by Gasteiger charge is -2.19. The van der Waals surface area contributed by atoms with E-state index >= 15 is 0 Å². The lowest BCUT2D eigenvalue weighted by molar-refractivity contribution is 0.0719. The van der Waals surface area contributed by atoms with Gasteiger partial charge in [-0.05, 0) is 31.4 Å². The summed E-state index contributed by atoms with van der Waals surface area (Å²) in [6.45, 7) is 3.39. The number of amides is 2. The van der Waals surface area contributed by atoms with Crippen molar-refractivity contribution in [3.8, 4) is 0 Å². The van der Waals surface area contributed by atoms with Gasteiger partial charge in [-0.25, -0.2) is 4.79 Å². The molecule has 21 heavy (non-hydrogen) atoms. The largest absolute Gasteiger partial charge is 0.388 e. The Morgan fingerprint density at radius 3 is 3.05 bits per heavy atom. The van der Waals surface area contributed by atoms with Gasteiger partial charge in [-0.3, -0.25) is 0 Å². The lowest BCUT2D eigenvalue weighted by atomic mass is 10.1. The van der Waals surface area contributed by atoms with Gasteiger partial charge in [0.15, 0.2) is 0 Å². The van der Waals surface area contributed by atoms with E-state index in [1.807, 2.05) is 24.4 Å². The monoisotopic (exact) mass is 287 g/mol. The molecule has 3 rings (SSSR count). The smallest absolute Gasteiger partial charge is 0.317 e. The number of hydrogen-bond acceptors (Lipinski definition) is 2. The number of fused-ring (bicyclic) bond motifs is 1. The number of nitrogens with one attached hydrogen (secondary N) is 2. The van der Waals surface area contributed by atoms with Crippen LogP contribution in [0.1, 0.15) is 18.9 Å². The maximum absolute atomic E-state index is 12.0. The lowest BCUT2D eigenvalue weighted by Crippen LogP contribution is -2.41. The molecule has 1 aromatic carbocycles. The Kier molecular flexibility index (Phi) is 3.59. The highest BCUT2D eigenvalue weighted by molar-refractivity contribution is 5.83. The van der Waals surface area contributed by atoms with Gasteiger partial charge in [0.1, 0.15) is 0 Å².